The van der Waals surface area contributed by atoms with Crippen molar-refractivity contribution in [2.45, 2.75) is 44.6 Å². The van der Waals surface area contributed by atoms with Crippen molar-refractivity contribution in [3.63, 3.8) is 0 Å². The maximum atomic E-state index is 13.0. The number of anilines is 1. The number of nitrogens with one attached hydrogen (secondary N) is 1. The molecule has 1 aliphatic carbocycles. The second-order valence-corrected chi connectivity index (χ2v) is 9.01. The normalized spacial score (nSPS) is 25.9. The van der Waals surface area contributed by atoms with E-state index in [1.807, 2.05) is 6.07 Å². The Balaban J connectivity index is 1.32. The molecule has 8 nitrogen and oxygen atoms in total. The third-order valence-corrected chi connectivity index (χ3v) is 7.12. The summed E-state index contributed by atoms with van der Waals surface area (Å²) in [5.41, 5.74) is 1.75. The number of piperidine rings is 1. The minimum Gasteiger partial charge on any atom is -0.370 e. The zero-order valence-corrected chi connectivity index (χ0v) is 16.6. The first-order chi connectivity index (χ1) is 14.4. The average molecular weight is 409 g/mol. The number of carbonyl (C=O) groups is 5. The molecule has 0 radical (unpaired) electrons. The summed E-state index contributed by atoms with van der Waals surface area (Å²) in [4.78, 5) is 63.5. The molecule has 2 saturated heterocycles. The smallest absolute Gasteiger partial charge is 0.262 e. The second kappa shape index (κ2) is 6.75. The van der Waals surface area contributed by atoms with Crippen LogP contribution in [0, 0.1) is 11.3 Å². The van der Waals surface area contributed by atoms with E-state index in [0.717, 1.165) is 55.6 Å². The fourth-order valence-corrected chi connectivity index (χ4v) is 5.31. The minimum absolute atomic E-state index is 0.107. The number of nitrogens with zero attached hydrogens (tertiary/aromatic N) is 2. The van der Waals surface area contributed by atoms with Crippen molar-refractivity contribution < 1.29 is 24.0 Å². The summed E-state index contributed by atoms with van der Waals surface area (Å²) >= 11 is 0. The lowest BCUT2D eigenvalue weighted by Gasteiger charge is -2.54. The first-order valence-electron chi connectivity index (χ1n) is 10.5. The van der Waals surface area contributed by atoms with Gasteiger partial charge < -0.3 is 9.69 Å². The number of benzene rings is 1. The molecule has 1 aromatic rings. The summed E-state index contributed by atoms with van der Waals surface area (Å²) < 4.78 is 0. The highest BCUT2D eigenvalue weighted by atomic mass is 16.2. The fraction of sp³-hybridized carbons (Fsp3) is 0.500. The van der Waals surface area contributed by atoms with Gasteiger partial charge in [0.05, 0.1) is 11.1 Å². The van der Waals surface area contributed by atoms with Crippen LogP contribution in [0.3, 0.4) is 0 Å². The van der Waals surface area contributed by atoms with Gasteiger partial charge in [0.2, 0.25) is 11.8 Å². The SMILES string of the molecule is O=CC1CCC2(CC1)CN(c1ccc3c(c1)C(=O)N(C1CCC(=O)NC1=O)C3=O)C2. The van der Waals surface area contributed by atoms with Crippen LogP contribution in [0.4, 0.5) is 5.69 Å². The quantitative estimate of drug-likeness (QED) is 0.596. The first-order valence-corrected chi connectivity index (χ1v) is 10.5. The summed E-state index contributed by atoms with van der Waals surface area (Å²) in [5, 5.41) is 2.21. The van der Waals surface area contributed by atoms with E-state index in [-0.39, 0.29) is 30.1 Å². The number of amides is 4. The Bertz CT molecular complexity index is 971. The van der Waals surface area contributed by atoms with Crippen molar-refractivity contribution in [3.05, 3.63) is 29.3 Å². The molecule has 1 aromatic carbocycles. The number of carbonyl (C=O) groups excluding carboxylic acids is 5. The highest BCUT2D eigenvalue weighted by molar-refractivity contribution is 6.23. The van der Waals surface area contributed by atoms with E-state index in [1.165, 1.54) is 0 Å². The van der Waals surface area contributed by atoms with Crippen molar-refractivity contribution in [3.8, 4) is 0 Å². The zero-order chi connectivity index (χ0) is 21.0. The lowest BCUT2D eigenvalue weighted by atomic mass is 9.66. The van der Waals surface area contributed by atoms with Crippen LogP contribution in [-0.2, 0) is 14.4 Å². The Morgan fingerprint density at radius 2 is 1.67 bits per heavy atom. The van der Waals surface area contributed by atoms with Gasteiger partial charge in [0, 0.05) is 36.5 Å². The topological polar surface area (TPSA) is 104 Å². The molecule has 1 saturated carbocycles. The van der Waals surface area contributed by atoms with Crippen LogP contribution in [-0.4, -0.2) is 53.9 Å². The Labute approximate surface area is 173 Å². The summed E-state index contributed by atoms with van der Waals surface area (Å²) in [6, 6.07) is 4.30. The Kier molecular flexibility index (Phi) is 4.27. The number of aldehydes is 1. The highest BCUT2D eigenvalue weighted by Gasteiger charge is 2.47. The molecule has 0 aromatic heterocycles. The van der Waals surface area contributed by atoms with E-state index in [9.17, 15) is 24.0 Å². The van der Waals surface area contributed by atoms with Crippen LogP contribution in [0.15, 0.2) is 18.2 Å². The van der Waals surface area contributed by atoms with Crippen LogP contribution in [0.1, 0.15) is 59.2 Å². The first kappa shape index (κ1) is 19.0. The predicted octanol–water partition coefficient (Wildman–Crippen LogP) is 1.28. The van der Waals surface area contributed by atoms with Crippen molar-refractivity contribution in [2.75, 3.05) is 18.0 Å². The number of imide groups is 2. The van der Waals surface area contributed by atoms with Crippen LogP contribution in [0.25, 0.3) is 0 Å². The van der Waals surface area contributed by atoms with Crippen LogP contribution < -0.4 is 10.2 Å². The van der Waals surface area contributed by atoms with Gasteiger partial charge in [-0.05, 0) is 50.3 Å². The monoisotopic (exact) mass is 409 g/mol. The summed E-state index contributed by atoms with van der Waals surface area (Å²) in [5.74, 6) is -1.76. The van der Waals surface area contributed by atoms with Crippen LogP contribution in [0.2, 0.25) is 0 Å². The molecular weight excluding hydrogens is 386 g/mol. The van der Waals surface area contributed by atoms with Gasteiger partial charge in [0.15, 0.2) is 0 Å². The minimum atomic E-state index is -0.946. The zero-order valence-electron chi connectivity index (χ0n) is 16.6. The van der Waals surface area contributed by atoms with Gasteiger partial charge in [-0.15, -0.1) is 0 Å². The molecule has 3 heterocycles. The number of fused-ring (bicyclic) bond motifs is 1. The molecule has 30 heavy (non-hydrogen) atoms. The molecule has 3 aliphatic heterocycles. The molecule has 156 valence electrons. The average Bonchev–Trinajstić information content (AvgIpc) is 2.96. The van der Waals surface area contributed by atoms with Crippen molar-refractivity contribution >= 4 is 35.6 Å². The van der Waals surface area contributed by atoms with Crippen molar-refractivity contribution in [1.29, 1.82) is 0 Å². The molecular formula is C22H23N3O5. The van der Waals surface area contributed by atoms with Crippen molar-refractivity contribution in [2.24, 2.45) is 11.3 Å². The van der Waals surface area contributed by atoms with Gasteiger partial charge >= 0.3 is 0 Å². The third-order valence-electron chi connectivity index (χ3n) is 7.12. The second-order valence-electron chi connectivity index (χ2n) is 9.01. The number of hydrogen-bond donors (Lipinski definition) is 1. The summed E-state index contributed by atoms with van der Waals surface area (Å²) in [7, 11) is 0. The van der Waals surface area contributed by atoms with E-state index in [1.54, 1.807) is 12.1 Å². The van der Waals surface area contributed by atoms with Gasteiger partial charge in [-0.3, -0.25) is 29.4 Å². The van der Waals surface area contributed by atoms with Crippen LogP contribution in [0.5, 0.6) is 0 Å². The molecule has 1 spiro atoms. The van der Waals surface area contributed by atoms with E-state index in [4.69, 9.17) is 0 Å². The van der Waals surface area contributed by atoms with Gasteiger partial charge in [-0.2, -0.15) is 0 Å². The molecule has 1 N–H and O–H groups in total. The van der Waals surface area contributed by atoms with Crippen molar-refractivity contribution in [1.82, 2.24) is 10.2 Å². The standard InChI is InChI=1S/C22H23N3O5/c26-10-13-5-7-22(8-6-13)11-24(12-22)14-1-2-15-16(9-14)21(30)25(20(15)29)17-3-4-18(27)23-19(17)28/h1-2,9-10,13,17H,3-8,11-12H2,(H,23,27,28). The largest absolute Gasteiger partial charge is 0.370 e. The lowest BCUT2D eigenvalue weighted by Crippen LogP contribution is -2.57. The van der Waals surface area contributed by atoms with E-state index in [0.29, 0.717) is 11.1 Å². The molecule has 4 amide bonds. The van der Waals surface area contributed by atoms with Gasteiger partial charge in [-0.25, -0.2) is 0 Å². The molecule has 5 rings (SSSR count). The lowest BCUT2D eigenvalue weighted by molar-refractivity contribution is -0.136. The van der Waals surface area contributed by atoms with Gasteiger partial charge in [-0.1, -0.05) is 0 Å². The molecule has 1 unspecified atom stereocenters. The Morgan fingerprint density at radius 3 is 2.33 bits per heavy atom. The van der Waals surface area contributed by atoms with Gasteiger partial charge in [0.25, 0.3) is 11.8 Å². The van der Waals surface area contributed by atoms with E-state index in [2.05, 4.69) is 10.2 Å². The summed E-state index contributed by atoms with van der Waals surface area (Å²) in [6.07, 6.45) is 5.29. The molecule has 3 fully saturated rings. The summed E-state index contributed by atoms with van der Waals surface area (Å²) in [6.45, 7) is 1.77. The van der Waals surface area contributed by atoms with E-state index >= 15 is 0 Å². The molecule has 0 bridgehead atoms. The maximum absolute atomic E-state index is 13.0. The Morgan fingerprint density at radius 1 is 0.967 bits per heavy atom. The predicted molar refractivity (Wildman–Crippen MR) is 106 cm³/mol. The number of rotatable bonds is 3. The number of hydrogen-bond acceptors (Lipinski definition) is 6. The van der Waals surface area contributed by atoms with Gasteiger partial charge in [0.1, 0.15) is 12.3 Å². The molecule has 4 aliphatic rings. The van der Waals surface area contributed by atoms with Crippen LogP contribution >= 0.6 is 0 Å². The highest BCUT2D eigenvalue weighted by Crippen LogP contribution is 2.47. The van der Waals surface area contributed by atoms with E-state index < -0.39 is 23.8 Å². The molecule has 8 heteroatoms. The third kappa shape index (κ3) is 2.85. The maximum Gasteiger partial charge on any atom is 0.262 e. The fourth-order valence-electron chi connectivity index (χ4n) is 5.31. The Hall–Kier alpha value is -3.03. The molecule has 1 atom stereocenters.